The van der Waals surface area contributed by atoms with Crippen LogP contribution in [0.2, 0.25) is 10.2 Å². The maximum absolute atomic E-state index is 6.09. The maximum atomic E-state index is 6.09. The van der Waals surface area contributed by atoms with E-state index in [1.165, 1.54) is 0 Å². The Morgan fingerprint density at radius 1 is 1.36 bits per heavy atom. The number of hydrogen-bond donors (Lipinski definition) is 1. The predicted octanol–water partition coefficient (Wildman–Crippen LogP) is 2.30. The second kappa shape index (κ2) is 3.77. The molecule has 1 heterocycles. The molecule has 0 atom stereocenters. The number of nitrogens with zero attached hydrogens (tertiary/aromatic N) is 2. The second-order valence-corrected chi connectivity index (χ2v) is 3.76. The number of aromatic nitrogens is 2. The lowest BCUT2D eigenvalue weighted by molar-refractivity contribution is 0.632. The molecular formula is C9H9Cl2N3. The average molecular weight is 230 g/mol. The van der Waals surface area contributed by atoms with Crippen LogP contribution < -0.4 is 5.73 Å². The van der Waals surface area contributed by atoms with Crippen molar-refractivity contribution < 1.29 is 0 Å². The average Bonchev–Trinajstić information content (AvgIpc) is 2.44. The molecule has 1 aromatic carbocycles. The van der Waals surface area contributed by atoms with E-state index in [-0.39, 0.29) is 0 Å². The van der Waals surface area contributed by atoms with Crippen LogP contribution in [0, 0.1) is 0 Å². The quantitative estimate of drug-likeness (QED) is 0.860. The first kappa shape index (κ1) is 9.77. The molecular weight excluding hydrogens is 221 g/mol. The van der Waals surface area contributed by atoms with Crippen molar-refractivity contribution in [3.8, 4) is 0 Å². The lowest BCUT2D eigenvalue weighted by Crippen LogP contribution is -2.10. The topological polar surface area (TPSA) is 43.8 Å². The Labute approximate surface area is 91.4 Å². The van der Waals surface area contributed by atoms with Gasteiger partial charge in [0.25, 0.3) is 0 Å². The number of halogens is 2. The van der Waals surface area contributed by atoms with E-state index in [1.807, 2.05) is 6.07 Å². The highest BCUT2D eigenvalue weighted by atomic mass is 35.5. The first-order valence-corrected chi connectivity index (χ1v) is 4.99. The van der Waals surface area contributed by atoms with Crippen molar-refractivity contribution in [2.75, 3.05) is 6.54 Å². The molecule has 0 fully saturated rings. The van der Waals surface area contributed by atoms with Gasteiger partial charge in [0.05, 0.1) is 12.1 Å². The summed E-state index contributed by atoms with van der Waals surface area (Å²) in [5.41, 5.74) is 6.24. The Balaban J connectivity index is 2.61. The van der Waals surface area contributed by atoms with Gasteiger partial charge in [0.1, 0.15) is 5.15 Å². The fourth-order valence-electron chi connectivity index (χ4n) is 1.35. The number of fused-ring (bicyclic) bond motifs is 1. The Kier molecular flexibility index (Phi) is 2.63. The molecule has 2 rings (SSSR count). The van der Waals surface area contributed by atoms with Gasteiger partial charge >= 0.3 is 0 Å². The summed E-state index contributed by atoms with van der Waals surface area (Å²) in [5.74, 6) is 0. The minimum absolute atomic E-state index is 0.515. The Hall–Kier alpha value is -0.770. The van der Waals surface area contributed by atoms with Gasteiger partial charge in [-0.05, 0) is 18.2 Å². The zero-order valence-corrected chi connectivity index (χ0v) is 8.89. The zero-order chi connectivity index (χ0) is 10.1. The molecule has 0 aliphatic rings. The largest absolute Gasteiger partial charge is 0.329 e. The van der Waals surface area contributed by atoms with Gasteiger partial charge in [0, 0.05) is 17.0 Å². The van der Waals surface area contributed by atoms with Crippen LogP contribution in [0.4, 0.5) is 0 Å². The van der Waals surface area contributed by atoms with E-state index in [2.05, 4.69) is 5.10 Å². The lowest BCUT2D eigenvalue weighted by atomic mass is 10.3. The van der Waals surface area contributed by atoms with Crippen molar-refractivity contribution in [3.63, 3.8) is 0 Å². The molecule has 0 amide bonds. The molecule has 0 spiro atoms. The predicted molar refractivity (Wildman–Crippen MR) is 58.8 cm³/mol. The minimum Gasteiger partial charge on any atom is -0.329 e. The van der Waals surface area contributed by atoms with Gasteiger partial charge in [0.2, 0.25) is 0 Å². The van der Waals surface area contributed by atoms with Crippen molar-refractivity contribution >= 4 is 34.1 Å². The highest BCUT2D eigenvalue weighted by Crippen LogP contribution is 2.25. The van der Waals surface area contributed by atoms with E-state index in [0.717, 1.165) is 10.9 Å². The molecule has 0 saturated carbocycles. The number of rotatable bonds is 2. The second-order valence-electron chi connectivity index (χ2n) is 2.96. The monoisotopic (exact) mass is 229 g/mol. The molecule has 74 valence electrons. The molecule has 3 nitrogen and oxygen atoms in total. The SMILES string of the molecule is NCCn1nc2cc(Cl)ccc2c1Cl. The zero-order valence-electron chi connectivity index (χ0n) is 7.37. The molecule has 0 aliphatic heterocycles. The molecule has 0 radical (unpaired) electrons. The number of hydrogen-bond acceptors (Lipinski definition) is 2. The summed E-state index contributed by atoms with van der Waals surface area (Å²) >= 11 is 11.9. The van der Waals surface area contributed by atoms with Gasteiger partial charge in [0.15, 0.2) is 0 Å². The maximum Gasteiger partial charge on any atom is 0.134 e. The van der Waals surface area contributed by atoms with Gasteiger partial charge in [-0.3, -0.25) is 4.68 Å². The van der Waals surface area contributed by atoms with Crippen LogP contribution in [-0.4, -0.2) is 16.3 Å². The summed E-state index contributed by atoms with van der Waals surface area (Å²) in [7, 11) is 0. The van der Waals surface area contributed by atoms with Crippen LogP contribution in [-0.2, 0) is 6.54 Å². The van der Waals surface area contributed by atoms with Crippen LogP contribution in [0.1, 0.15) is 0 Å². The molecule has 1 aromatic heterocycles. The molecule has 0 unspecified atom stereocenters. The summed E-state index contributed by atoms with van der Waals surface area (Å²) in [6, 6.07) is 5.44. The van der Waals surface area contributed by atoms with Gasteiger partial charge in [-0.25, -0.2) is 0 Å². The summed E-state index contributed by atoms with van der Waals surface area (Å²) in [6.45, 7) is 1.13. The highest BCUT2D eigenvalue weighted by Gasteiger charge is 2.08. The van der Waals surface area contributed by atoms with Crippen LogP contribution >= 0.6 is 23.2 Å². The van der Waals surface area contributed by atoms with Gasteiger partial charge < -0.3 is 5.73 Å². The number of benzene rings is 1. The molecule has 0 saturated heterocycles. The highest BCUT2D eigenvalue weighted by molar-refractivity contribution is 6.35. The van der Waals surface area contributed by atoms with Crippen LogP contribution in [0.25, 0.3) is 10.9 Å². The summed E-state index contributed by atoms with van der Waals surface area (Å²) in [5, 5.41) is 6.46. The third-order valence-electron chi connectivity index (χ3n) is 1.98. The molecule has 5 heteroatoms. The fourth-order valence-corrected chi connectivity index (χ4v) is 1.79. The lowest BCUT2D eigenvalue weighted by Gasteiger charge is -1.97. The van der Waals surface area contributed by atoms with E-state index in [4.69, 9.17) is 28.9 Å². The van der Waals surface area contributed by atoms with Crippen molar-refractivity contribution in [2.45, 2.75) is 6.54 Å². The Morgan fingerprint density at radius 2 is 2.14 bits per heavy atom. The third-order valence-corrected chi connectivity index (χ3v) is 2.61. The fraction of sp³-hybridized carbons (Fsp3) is 0.222. The normalized spacial score (nSPS) is 11.1. The Bertz CT molecular complexity index is 464. The van der Waals surface area contributed by atoms with Gasteiger partial charge in [-0.2, -0.15) is 5.10 Å². The van der Waals surface area contributed by atoms with Crippen molar-refractivity contribution in [1.29, 1.82) is 0 Å². The van der Waals surface area contributed by atoms with Crippen molar-refractivity contribution in [2.24, 2.45) is 5.73 Å². The molecule has 2 N–H and O–H groups in total. The van der Waals surface area contributed by atoms with Gasteiger partial charge in [-0.15, -0.1) is 0 Å². The minimum atomic E-state index is 0.515. The summed E-state index contributed by atoms with van der Waals surface area (Å²) in [4.78, 5) is 0. The van der Waals surface area contributed by atoms with Crippen LogP contribution in [0.3, 0.4) is 0 Å². The van der Waals surface area contributed by atoms with Gasteiger partial charge in [-0.1, -0.05) is 23.2 Å². The molecule has 14 heavy (non-hydrogen) atoms. The van der Waals surface area contributed by atoms with Crippen LogP contribution in [0.15, 0.2) is 18.2 Å². The van der Waals surface area contributed by atoms with Crippen molar-refractivity contribution in [1.82, 2.24) is 9.78 Å². The van der Waals surface area contributed by atoms with E-state index in [9.17, 15) is 0 Å². The first-order valence-electron chi connectivity index (χ1n) is 4.24. The van der Waals surface area contributed by atoms with E-state index in [1.54, 1.807) is 16.8 Å². The van der Waals surface area contributed by atoms with E-state index < -0.39 is 0 Å². The summed E-state index contributed by atoms with van der Waals surface area (Å²) in [6.07, 6.45) is 0. The Morgan fingerprint density at radius 3 is 2.86 bits per heavy atom. The molecule has 2 aromatic rings. The third kappa shape index (κ3) is 1.59. The standard InChI is InChI=1S/C9H9Cl2N3/c10-6-1-2-7-8(5-6)13-14(4-3-12)9(7)11/h1-2,5H,3-4,12H2. The molecule has 0 aliphatic carbocycles. The van der Waals surface area contributed by atoms with Crippen molar-refractivity contribution in [3.05, 3.63) is 28.4 Å². The van der Waals surface area contributed by atoms with E-state index in [0.29, 0.717) is 23.3 Å². The molecule has 0 bridgehead atoms. The van der Waals surface area contributed by atoms with Crippen LogP contribution in [0.5, 0.6) is 0 Å². The first-order chi connectivity index (χ1) is 6.72. The summed E-state index contributed by atoms with van der Waals surface area (Å²) < 4.78 is 1.68. The number of nitrogens with two attached hydrogens (primary N) is 1. The van der Waals surface area contributed by atoms with E-state index >= 15 is 0 Å². The smallest absolute Gasteiger partial charge is 0.134 e.